The molecule has 8 heteroatoms. The van der Waals surface area contributed by atoms with Gasteiger partial charge in [0.2, 0.25) is 5.82 Å². The summed E-state index contributed by atoms with van der Waals surface area (Å²) < 4.78 is 1.32. The first-order valence-corrected chi connectivity index (χ1v) is 5.70. The molecule has 0 amide bonds. The molecule has 0 aliphatic carbocycles. The van der Waals surface area contributed by atoms with Gasteiger partial charge in [0.25, 0.3) is 0 Å². The summed E-state index contributed by atoms with van der Waals surface area (Å²) in [6.45, 7) is 3.41. The maximum Gasteiger partial charge on any atom is 0.313 e. The number of pyridine rings is 1. The van der Waals surface area contributed by atoms with E-state index in [0.29, 0.717) is 16.4 Å². The summed E-state index contributed by atoms with van der Waals surface area (Å²) in [5, 5.41) is 15.7. The van der Waals surface area contributed by atoms with E-state index in [1.807, 2.05) is 0 Å². The van der Waals surface area contributed by atoms with Crippen LogP contribution in [0.25, 0.3) is 5.82 Å². The van der Waals surface area contributed by atoms with E-state index in [1.54, 1.807) is 13.8 Å². The van der Waals surface area contributed by atoms with Crippen LogP contribution >= 0.6 is 23.2 Å². The van der Waals surface area contributed by atoms with Crippen molar-refractivity contribution in [2.75, 3.05) is 0 Å². The minimum atomic E-state index is -0.539. The zero-order chi connectivity index (χ0) is 13.4. The molecule has 0 bridgehead atoms. The van der Waals surface area contributed by atoms with E-state index in [-0.39, 0.29) is 16.7 Å². The van der Waals surface area contributed by atoms with E-state index in [1.165, 1.54) is 16.8 Å². The van der Waals surface area contributed by atoms with Crippen molar-refractivity contribution in [3.8, 4) is 5.82 Å². The summed E-state index contributed by atoms with van der Waals surface area (Å²) in [6, 6.07) is 2.64. The van der Waals surface area contributed by atoms with E-state index >= 15 is 0 Å². The summed E-state index contributed by atoms with van der Waals surface area (Å²) in [7, 11) is 0. The van der Waals surface area contributed by atoms with Gasteiger partial charge in [0.05, 0.1) is 21.3 Å². The fraction of sp³-hybridized carbons (Fsp3) is 0.200. The highest BCUT2D eigenvalue weighted by atomic mass is 35.5. The van der Waals surface area contributed by atoms with Gasteiger partial charge >= 0.3 is 5.69 Å². The third-order valence-electron chi connectivity index (χ3n) is 2.42. The van der Waals surface area contributed by atoms with Gasteiger partial charge in [0, 0.05) is 6.07 Å². The fourth-order valence-corrected chi connectivity index (χ4v) is 1.81. The van der Waals surface area contributed by atoms with Crippen LogP contribution in [0.3, 0.4) is 0 Å². The van der Waals surface area contributed by atoms with Crippen molar-refractivity contribution >= 4 is 28.9 Å². The predicted molar refractivity (Wildman–Crippen MR) is 67.5 cm³/mol. The van der Waals surface area contributed by atoms with Gasteiger partial charge in [-0.25, -0.2) is 9.67 Å². The fourth-order valence-electron chi connectivity index (χ4n) is 1.55. The van der Waals surface area contributed by atoms with Gasteiger partial charge in [0.1, 0.15) is 5.15 Å². The Bertz CT molecular complexity index is 639. The lowest BCUT2D eigenvalue weighted by Crippen LogP contribution is -2.06. The number of hydrogen-bond donors (Lipinski definition) is 0. The van der Waals surface area contributed by atoms with Gasteiger partial charge in [-0.05, 0) is 19.9 Å². The SMILES string of the molecule is Cc1nn(-c2nc(Cl)ccc2[N+](=O)[O-])c(C)c1Cl. The van der Waals surface area contributed by atoms with E-state index < -0.39 is 4.92 Å². The van der Waals surface area contributed by atoms with Crippen LogP contribution < -0.4 is 0 Å². The van der Waals surface area contributed by atoms with E-state index in [2.05, 4.69) is 10.1 Å². The topological polar surface area (TPSA) is 73.8 Å². The average molecular weight is 287 g/mol. The molecule has 0 aromatic carbocycles. The second-order valence-electron chi connectivity index (χ2n) is 3.63. The predicted octanol–water partition coefficient (Wildman–Crippen LogP) is 3.10. The zero-order valence-corrected chi connectivity index (χ0v) is 11.0. The summed E-state index contributed by atoms with van der Waals surface area (Å²) in [6.07, 6.45) is 0. The first kappa shape index (κ1) is 12.8. The van der Waals surface area contributed by atoms with Crippen LogP contribution in [-0.2, 0) is 0 Å². The molecule has 0 spiro atoms. The molecule has 6 nitrogen and oxygen atoms in total. The van der Waals surface area contributed by atoms with Crippen molar-refractivity contribution < 1.29 is 4.92 Å². The minimum Gasteiger partial charge on any atom is -0.258 e. The monoisotopic (exact) mass is 286 g/mol. The van der Waals surface area contributed by atoms with Crippen LogP contribution in [0.15, 0.2) is 12.1 Å². The summed E-state index contributed by atoms with van der Waals surface area (Å²) in [5.74, 6) is 0.0556. The van der Waals surface area contributed by atoms with Gasteiger partial charge < -0.3 is 0 Å². The Hall–Kier alpha value is -1.66. The standard InChI is InChI=1S/C10H8Cl2N4O2/c1-5-9(12)6(2)15(14-5)10-7(16(17)18)3-4-8(11)13-10/h3-4H,1-2H3. The second-order valence-corrected chi connectivity index (χ2v) is 4.40. The number of hydrogen-bond acceptors (Lipinski definition) is 4. The molecule has 0 saturated heterocycles. The van der Waals surface area contributed by atoms with Crippen LogP contribution in [0.4, 0.5) is 5.69 Å². The van der Waals surface area contributed by atoms with Crippen molar-refractivity contribution in [2.24, 2.45) is 0 Å². The summed E-state index contributed by atoms with van der Waals surface area (Å²) in [5.41, 5.74) is 0.971. The molecule has 0 radical (unpaired) electrons. The van der Waals surface area contributed by atoms with Gasteiger partial charge in [-0.15, -0.1) is 0 Å². The molecular formula is C10H8Cl2N4O2. The highest BCUT2D eigenvalue weighted by Crippen LogP contribution is 2.27. The van der Waals surface area contributed by atoms with Gasteiger partial charge in [-0.2, -0.15) is 5.10 Å². The summed E-state index contributed by atoms with van der Waals surface area (Å²) in [4.78, 5) is 14.4. The van der Waals surface area contributed by atoms with Crippen LogP contribution in [0.1, 0.15) is 11.4 Å². The van der Waals surface area contributed by atoms with E-state index in [4.69, 9.17) is 23.2 Å². The average Bonchev–Trinajstić information content (AvgIpc) is 2.56. The summed E-state index contributed by atoms with van der Waals surface area (Å²) >= 11 is 11.8. The third kappa shape index (κ3) is 2.04. The molecule has 0 saturated carbocycles. The Morgan fingerprint density at radius 1 is 1.33 bits per heavy atom. The van der Waals surface area contributed by atoms with Crippen LogP contribution in [0.2, 0.25) is 10.2 Å². The normalized spacial score (nSPS) is 10.7. The number of nitro groups is 1. The number of nitrogens with zero attached hydrogens (tertiary/aromatic N) is 4. The molecular weight excluding hydrogens is 279 g/mol. The van der Waals surface area contributed by atoms with Crippen molar-refractivity contribution in [3.05, 3.63) is 43.8 Å². The molecule has 0 fully saturated rings. The molecule has 94 valence electrons. The lowest BCUT2D eigenvalue weighted by atomic mass is 10.3. The Kier molecular flexibility index (Phi) is 3.23. The Morgan fingerprint density at radius 2 is 2.00 bits per heavy atom. The second kappa shape index (κ2) is 4.55. The quantitative estimate of drug-likeness (QED) is 0.483. The number of halogens is 2. The first-order valence-electron chi connectivity index (χ1n) is 4.95. The molecule has 0 aliphatic heterocycles. The van der Waals surface area contributed by atoms with Crippen molar-refractivity contribution in [2.45, 2.75) is 13.8 Å². The molecule has 0 unspecified atom stereocenters. The van der Waals surface area contributed by atoms with Crippen molar-refractivity contribution in [1.29, 1.82) is 0 Å². The molecule has 18 heavy (non-hydrogen) atoms. The maximum absolute atomic E-state index is 11.0. The van der Waals surface area contributed by atoms with Crippen molar-refractivity contribution in [1.82, 2.24) is 14.8 Å². The van der Waals surface area contributed by atoms with E-state index in [0.717, 1.165) is 0 Å². The highest BCUT2D eigenvalue weighted by molar-refractivity contribution is 6.31. The molecule has 0 N–H and O–H groups in total. The lowest BCUT2D eigenvalue weighted by molar-refractivity contribution is -0.384. The molecule has 0 aliphatic rings. The van der Waals surface area contributed by atoms with Crippen LogP contribution in [-0.4, -0.2) is 19.7 Å². The van der Waals surface area contributed by atoms with Crippen LogP contribution in [0, 0.1) is 24.0 Å². The van der Waals surface area contributed by atoms with E-state index in [9.17, 15) is 10.1 Å². The molecule has 0 atom stereocenters. The van der Waals surface area contributed by atoms with Gasteiger partial charge in [-0.3, -0.25) is 10.1 Å². The maximum atomic E-state index is 11.0. The Balaban J connectivity index is 2.73. The number of aromatic nitrogens is 3. The molecule has 2 heterocycles. The Labute approximate surface area is 112 Å². The van der Waals surface area contributed by atoms with Crippen molar-refractivity contribution in [3.63, 3.8) is 0 Å². The third-order valence-corrected chi connectivity index (χ3v) is 3.18. The Morgan fingerprint density at radius 3 is 2.50 bits per heavy atom. The van der Waals surface area contributed by atoms with Gasteiger partial charge in [0.15, 0.2) is 0 Å². The molecule has 2 rings (SSSR count). The molecule has 2 aromatic heterocycles. The minimum absolute atomic E-state index is 0.0556. The molecule has 2 aromatic rings. The highest BCUT2D eigenvalue weighted by Gasteiger charge is 2.21. The number of rotatable bonds is 2. The lowest BCUT2D eigenvalue weighted by Gasteiger charge is -2.04. The first-order chi connectivity index (χ1) is 8.41. The largest absolute Gasteiger partial charge is 0.313 e. The van der Waals surface area contributed by atoms with Gasteiger partial charge in [-0.1, -0.05) is 23.2 Å². The number of aryl methyl sites for hydroxylation is 1. The van der Waals surface area contributed by atoms with Crippen LogP contribution in [0.5, 0.6) is 0 Å². The zero-order valence-electron chi connectivity index (χ0n) is 9.52. The smallest absolute Gasteiger partial charge is 0.258 e.